The van der Waals surface area contributed by atoms with Crippen LogP contribution in [0.4, 0.5) is 5.69 Å². The third-order valence-electron chi connectivity index (χ3n) is 3.61. The number of benzene rings is 2. The minimum atomic E-state index is 0.426. The van der Waals surface area contributed by atoms with Crippen LogP contribution < -0.4 is 20.2 Å². The molecule has 2 N–H and O–H groups in total. The number of anilines is 1. The number of rotatable bonds is 5. The molecule has 0 fully saturated rings. The molecule has 0 radical (unpaired) electrons. The summed E-state index contributed by atoms with van der Waals surface area (Å²) in [5, 5.41) is 7.72. The number of nitrogens with zero attached hydrogens (tertiary/aromatic N) is 1. The number of methoxy groups -OCH3 is 2. The van der Waals surface area contributed by atoms with E-state index in [4.69, 9.17) is 21.7 Å². The average molecular weight is 343 g/mol. The fraction of sp³-hybridized carbons (Fsp3) is 0.222. The van der Waals surface area contributed by atoms with Gasteiger partial charge in [0.15, 0.2) is 5.11 Å². The first kappa shape index (κ1) is 17.7. The zero-order chi connectivity index (χ0) is 17.5. The SMILES string of the molecule is COc1cc(/C=N\NC(=S)Nc2cccc(C)c2C)cc(OC)c1. The highest BCUT2D eigenvalue weighted by atomic mass is 32.1. The van der Waals surface area contributed by atoms with E-state index in [-0.39, 0.29) is 0 Å². The molecule has 2 aromatic carbocycles. The number of hydrogen-bond donors (Lipinski definition) is 2. The van der Waals surface area contributed by atoms with E-state index < -0.39 is 0 Å². The van der Waals surface area contributed by atoms with E-state index in [0.29, 0.717) is 16.6 Å². The van der Waals surface area contributed by atoms with Crippen molar-refractivity contribution in [1.82, 2.24) is 5.43 Å². The van der Waals surface area contributed by atoms with E-state index in [0.717, 1.165) is 16.8 Å². The van der Waals surface area contributed by atoms with Crippen molar-refractivity contribution in [1.29, 1.82) is 0 Å². The summed E-state index contributed by atoms with van der Waals surface area (Å²) >= 11 is 5.27. The monoisotopic (exact) mass is 343 g/mol. The van der Waals surface area contributed by atoms with E-state index >= 15 is 0 Å². The molecule has 0 unspecified atom stereocenters. The van der Waals surface area contributed by atoms with Gasteiger partial charge in [-0.1, -0.05) is 12.1 Å². The highest BCUT2D eigenvalue weighted by Gasteiger charge is 2.03. The zero-order valence-electron chi connectivity index (χ0n) is 14.2. The fourth-order valence-corrected chi connectivity index (χ4v) is 2.27. The van der Waals surface area contributed by atoms with Gasteiger partial charge in [0.2, 0.25) is 0 Å². The second kappa shape index (κ2) is 8.31. The molecule has 0 bridgehead atoms. The summed E-state index contributed by atoms with van der Waals surface area (Å²) in [6.45, 7) is 4.11. The van der Waals surface area contributed by atoms with Crippen LogP contribution in [0.5, 0.6) is 11.5 Å². The Hall–Kier alpha value is -2.60. The topological polar surface area (TPSA) is 54.9 Å². The maximum absolute atomic E-state index is 5.27. The molecule has 126 valence electrons. The lowest BCUT2D eigenvalue weighted by molar-refractivity contribution is 0.394. The Balaban J connectivity index is 2.01. The molecule has 0 saturated carbocycles. The summed E-state index contributed by atoms with van der Waals surface area (Å²) in [5.41, 5.74) is 6.97. The van der Waals surface area contributed by atoms with Crippen LogP contribution in [-0.2, 0) is 0 Å². The van der Waals surface area contributed by atoms with Crippen molar-refractivity contribution in [2.45, 2.75) is 13.8 Å². The number of ether oxygens (including phenoxy) is 2. The van der Waals surface area contributed by atoms with Crippen molar-refractivity contribution in [3.8, 4) is 11.5 Å². The predicted molar refractivity (Wildman–Crippen MR) is 102 cm³/mol. The maximum atomic E-state index is 5.27. The summed E-state index contributed by atoms with van der Waals surface area (Å²) in [6.07, 6.45) is 1.65. The van der Waals surface area contributed by atoms with E-state index in [1.165, 1.54) is 5.56 Å². The van der Waals surface area contributed by atoms with Crippen molar-refractivity contribution >= 4 is 29.2 Å². The standard InChI is InChI=1S/C18H21N3O2S/c1-12-6-5-7-17(13(12)2)20-18(24)21-19-11-14-8-15(22-3)10-16(9-14)23-4/h5-11H,1-4H3,(H2,20,21,24)/b19-11-. The van der Waals surface area contributed by atoms with Gasteiger partial charge >= 0.3 is 0 Å². The lowest BCUT2D eigenvalue weighted by Gasteiger charge is -2.11. The number of aryl methyl sites for hydroxylation is 1. The Morgan fingerprint density at radius 1 is 1.08 bits per heavy atom. The molecule has 0 amide bonds. The zero-order valence-corrected chi connectivity index (χ0v) is 15.0. The first-order valence-electron chi connectivity index (χ1n) is 7.43. The van der Waals surface area contributed by atoms with Crippen molar-refractivity contribution < 1.29 is 9.47 Å². The van der Waals surface area contributed by atoms with Gasteiger partial charge in [0.25, 0.3) is 0 Å². The van der Waals surface area contributed by atoms with Gasteiger partial charge in [-0.3, -0.25) is 5.43 Å². The molecule has 0 heterocycles. The highest BCUT2D eigenvalue weighted by molar-refractivity contribution is 7.80. The Bertz CT molecular complexity index is 738. The molecule has 6 heteroatoms. The van der Waals surface area contributed by atoms with Crippen LogP contribution in [0, 0.1) is 13.8 Å². The minimum Gasteiger partial charge on any atom is -0.497 e. The fourth-order valence-electron chi connectivity index (χ4n) is 2.11. The van der Waals surface area contributed by atoms with Gasteiger partial charge in [-0.05, 0) is 55.4 Å². The van der Waals surface area contributed by atoms with Gasteiger partial charge in [0.05, 0.1) is 20.4 Å². The molecular weight excluding hydrogens is 322 g/mol. The van der Waals surface area contributed by atoms with Crippen molar-refractivity contribution in [3.63, 3.8) is 0 Å². The molecule has 2 rings (SSSR count). The van der Waals surface area contributed by atoms with Gasteiger partial charge in [-0.25, -0.2) is 0 Å². The summed E-state index contributed by atoms with van der Waals surface area (Å²) in [6, 6.07) is 11.5. The largest absolute Gasteiger partial charge is 0.497 e. The van der Waals surface area contributed by atoms with Crippen LogP contribution in [0.25, 0.3) is 0 Å². The predicted octanol–water partition coefficient (Wildman–Crippen LogP) is 3.64. The molecule has 0 atom stereocenters. The van der Waals surface area contributed by atoms with Crippen LogP contribution in [0.3, 0.4) is 0 Å². The summed E-state index contributed by atoms with van der Waals surface area (Å²) in [5.74, 6) is 1.40. The van der Waals surface area contributed by atoms with Gasteiger partial charge in [-0.2, -0.15) is 5.10 Å². The van der Waals surface area contributed by atoms with Crippen molar-refractivity contribution in [2.75, 3.05) is 19.5 Å². The number of hydrogen-bond acceptors (Lipinski definition) is 4. The number of hydrazone groups is 1. The lowest BCUT2D eigenvalue weighted by atomic mass is 10.1. The second-order valence-electron chi connectivity index (χ2n) is 5.22. The van der Waals surface area contributed by atoms with E-state index in [9.17, 15) is 0 Å². The molecule has 0 aromatic heterocycles. The van der Waals surface area contributed by atoms with Gasteiger partial charge in [0, 0.05) is 17.3 Å². The van der Waals surface area contributed by atoms with Crippen molar-refractivity contribution in [2.24, 2.45) is 5.10 Å². The number of nitrogens with one attached hydrogen (secondary N) is 2. The van der Waals surface area contributed by atoms with Crippen LogP contribution in [0.15, 0.2) is 41.5 Å². The van der Waals surface area contributed by atoms with Gasteiger partial charge < -0.3 is 14.8 Å². The molecule has 5 nitrogen and oxygen atoms in total. The Labute approximate surface area is 147 Å². The van der Waals surface area contributed by atoms with Gasteiger partial charge in [0.1, 0.15) is 11.5 Å². The second-order valence-corrected chi connectivity index (χ2v) is 5.63. The smallest absolute Gasteiger partial charge is 0.191 e. The third-order valence-corrected chi connectivity index (χ3v) is 3.80. The number of thiocarbonyl (C=S) groups is 1. The Kier molecular flexibility index (Phi) is 6.14. The Morgan fingerprint density at radius 3 is 2.38 bits per heavy atom. The summed E-state index contributed by atoms with van der Waals surface area (Å²) in [7, 11) is 3.22. The normalized spacial score (nSPS) is 10.5. The minimum absolute atomic E-state index is 0.426. The molecule has 0 aliphatic carbocycles. The summed E-state index contributed by atoms with van der Waals surface area (Å²) < 4.78 is 10.5. The molecule has 0 spiro atoms. The van der Waals surface area contributed by atoms with E-state index in [1.54, 1.807) is 26.5 Å². The van der Waals surface area contributed by atoms with Gasteiger partial charge in [-0.15, -0.1) is 0 Å². The maximum Gasteiger partial charge on any atom is 0.191 e. The van der Waals surface area contributed by atoms with Crippen LogP contribution in [-0.4, -0.2) is 25.5 Å². The molecule has 24 heavy (non-hydrogen) atoms. The van der Waals surface area contributed by atoms with Crippen molar-refractivity contribution in [3.05, 3.63) is 53.1 Å². The van der Waals surface area contributed by atoms with Crippen LogP contribution >= 0.6 is 12.2 Å². The molecule has 0 aliphatic rings. The van der Waals surface area contributed by atoms with Crippen LogP contribution in [0.2, 0.25) is 0 Å². The first-order valence-corrected chi connectivity index (χ1v) is 7.83. The molecule has 0 aliphatic heterocycles. The summed E-state index contributed by atoms with van der Waals surface area (Å²) in [4.78, 5) is 0. The van der Waals surface area contributed by atoms with E-state index in [2.05, 4.69) is 28.8 Å². The molecule has 0 saturated heterocycles. The highest BCUT2D eigenvalue weighted by Crippen LogP contribution is 2.21. The average Bonchev–Trinajstić information content (AvgIpc) is 2.58. The third kappa shape index (κ3) is 4.70. The van der Waals surface area contributed by atoms with E-state index in [1.807, 2.05) is 31.2 Å². The molecular formula is C18H21N3O2S. The molecule has 2 aromatic rings. The Morgan fingerprint density at radius 2 is 1.75 bits per heavy atom. The lowest BCUT2D eigenvalue weighted by Crippen LogP contribution is -2.24. The van der Waals surface area contributed by atoms with Crippen LogP contribution in [0.1, 0.15) is 16.7 Å². The first-order chi connectivity index (χ1) is 11.5. The quantitative estimate of drug-likeness (QED) is 0.493.